The van der Waals surface area contributed by atoms with Gasteiger partial charge in [0.1, 0.15) is 11.6 Å². The molecule has 0 heterocycles. The number of carbonyl (C=O) groups is 1. The fourth-order valence-electron chi connectivity index (χ4n) is 1.17. The lowest BCUT2D eigenvalue weighted by Crippen LogP contribution is -2.31. The lowest BCUT2D eigenvalue weighted by molar-refractivity contribution is -0.156. The lowest BCUT2D eigenvalue weighted by atomic mass is 10.1. The van der Waals surface area contributed by atoms with E-state index in [4.69, 9.17) is 10.5 Å². The maximum absolute atomic E-state index is 11.7. The van der Waals surface area contributed by atoms with Gasteiger partial charge in [-0.1, -0.05) is 28.1 Å². The molecule has 0 amide bonds. The monoisotopic (exact) mass is 285 g/mol. The summed E-state index contributed by atoms with van der Waals surface area (Å²) in [6.45, 7) is 5.46. The minimum absolute atomic E-state index is 0.408. The van der Waals surface area contributed by atoms with Gasteiger partial charge in [0.15, 0.2) is 0 Å². The third kappa shape index (κ3) is 3.94. The Kier molecular flexibility index (Phi) is 4.10. The summed E-state index contributed by atoms with van der Waals surface area (Å²) in [5.41, 5.74) is 6.04. The normalized spacial score (nSPS) is 13.3. The molecule has 0 aliphatic carbocycles. The van der Waals surface area contributed by atoms with Crippen LogP contribution in [0.4, 0.5) is 0 Å². The van der Waals surface area contributed by atoms with Gasteiger partial charge in [-0.3, -0.25) is 0 Å². The summed E-state index contributed by atoms with van der Waals surface area (Å²) in [4.78, 5) is 11.7. The van der Waals surface area contributed by atoms with Gasteiger partial charge in [-0.25, -0.2) is 4.79 Å². The molecule has 2 N–H and O–H groups in total. The van der Waals surface area contributed by atoms with E-state index in [0.29, 0.717) is 0 Å². The van der Waals surface area contributed by atoms with E-state index >= 15 is 0 Å². The van der Waals surface area contributed by atoms with Crippen molar-refractivity contribution in [2.75, 3.05) is 0 Å². The van der Waals surface area contributed by atoms with Crippen molar-refractivity contribution >= 4 is 21.9 Å². The number of ether oxygens (including phenoxy) is 1. The fourth-order valence-corrected chi connectivity index (χ4v) is 1.44. The predicted octanol–water partition coefficient (Wildman–Crippen LogP) is 2.79. The molecule has 0 radical (unpaired) electrons. The molecule has 0 fully saturated rings. The first-order chi connectivity index (χ1) is 7.29. The minimum Gasteiger partial charge on any atom is -0.459 e. The summed E-state index contributed by atoms with van der Waals surface area (Å²) < 4.78 is 6.16. The van der Waals surface area contributed by atoms with Crippen LogP contribution in [0.15, 0.2) is 28.7 Å². The molecule has 3 nitrogen and oxygen atoms in total. The minimum atomic E-state index is -0.729. The molecule has 1 aromatic carbocycles. The van der Waals surface area contributed by atoms with Gasteiger partial charge < -0.3 is 10.5 Å². The van der Waals surface area contributed by atoms with Crippen molar-refractivity contribution in [1.29, 1.82) is 0 Å². The Labute approximate surface area is 104 Å². The lowest BCUT2D eigenvalue weighted by Gasteiger charge is -2.22. The fraction of sp³-hybridized carbons (Fsp3) is 0.417. The SMILES string of the molecule is CC(C)(C)OC(=O)C(N)c1ccc(Br)cc1. The quantitative estimate of drug-likeness (QED) is 0.850. The summed E-state index contributed by atoms with van der Waals surface area (Å²) in [6.07, 6.45) is 0. The Bertz CT molecular complexity index is 368. The molecule has 4 heteroatoms. The molecule has 88 valence electrons. The van der Waals surface area contributed by atoms with Crippen molar-refractivity contribution < 1.29 is 9.53 Å². The van der Waals surface area contributed by atoms with Gasteiger partial charge >= 0.3 is 5.97 Å². The highest BCUT2D eigenvalue weighted by atomic mass is 79.9. The average molecular weight is 286 g/mol. The maximum Gasteiger partial charge on any atom is 0.328 e. The maximum atomic E-state index is 11.7. The molecular weight excluding hydrogens is 270 g/mol. The zero-order valence-corrected chi connectivity index (χ0v) is 11.2. The Morgan fingerprint density at radius 2 is 1.81 bits per heavy atom. The molecule has 0 saturated carbocycles. The first-order valence-electron chi connectivity index (χ1n) is 5.03. The highest BCUT2D eigenvalue weighted by molar-refractivity contribution is 9.10. The zero-order chi connectivity index (χ0) is 12.3. The molecule has 1 atom stereocenters. The summed E-state index contributed by atoms with van der Waals surface area (Å²) >= 11 is 3.32. The average Bonchev–Trinajstić information content (AvgIpc) is 2.15. The van der Waals surface area contributed by atoms with Gasteiger partial charge in [0, 0.05) is 4.47 Å². The van der Waals surface area contributed by atoms with Gasteiger partial charge in [0.2, 0.25) is 0 Å². The van der Waals surface area contributed by atoms with Crippen LogP contribution in [0.5, 0.6) is 0 Å². The first kappa shape index (κ1) is 13.2. The molecule has 0 aliphatic rings. The van der Waals surface area contributed by atoms with Crippen LogP contribution in [-0.4, -0.2) is 11.6 Å². The van der Waals surface area contributed by atoms with Gasteiger partial charge in [-0.05, 0) is 38.5 Å². The second kappa shape index (κ2) is 4.97. The Morgan fingerprint density at radius 3 is 2.25 bits per heavy atom. The Hall–Kier alpha value is -0.870. The summed E-state index contributed by atoms with van der Waals surface area (Å²) in [5.74, 6) is -0.408. The molecule has 0 aromatic heterocycles. The van der Waals surface area contributed by atoms with Crippen LogP contribution in [0, 0.1) is 0 Å². The van der Waals surface area contributed by atoms with Gasteiger partial charge in [0.25, 0.3) is 0 Å². The van der Waals surface area contributed by atoms with Crippen molar-refractivity contribution in [3.05, 3.63) is 34.3 Å². The molecule has 0 bridgehead atoms. The van der Waals surface area contributed by atoms with E-state index in [0.717, 1.165) is 10.0 Å². The number of carbonyl (C=O) groups excluding carboxylic acids is 1. The van der Waals surface area contributed by atoms with Gasteiger partial charge in [-0.15, -0.1) is 0 Å². The van der Waals surface area contributed by atoms with Gasteiger partial charge in [-0.2, -0.15) is 0 Å². The van der Waals surface area contributed by atoms with E-state index < -0.39 is 17.6 Å². The zero-order valence-electron chi connectivity index (χ0n) is 9.66. The molecule has 0 saturated heterocycles. The van der Waals surface area contributed by atoms with Crippen molar-refractivity contribution in [1.82, 2.24) is 0 Å². The number of nitrogens with two attached hydrogens (primary N) is 1. The van der Waals surface area contributed by atoms with Gasteiger partial charge in [0.05, 0.1) is 0 Å². The van der Waals surface area contributed by atoms with E-state index in [1.165, 1.54) is 0 Å². The van der Waals surface area contributed by atoms with E-state index in [1.807, 2.05) is 32.9 Å². The molecule has 0 aliphatic heterocycles. The first-order valence-corrected chi connectivity index (χ1v) is 5.83. The molecule has 1 aromatic rings. The number of hydrogen-bond acceptors (Lipinski definition) is 3. The van der Waals surface area contributed by atoms with E-state index in [-0.39, 0.29) is 0 Å². The summed E-state index contributed by atoms with van der Waals surface area (Å²) in [6, 6.07) is 6.57. The standard InChI is InChI=1S/C12H16BrNO2/c1-12(2,3)16-11(15)10(14)8-4-6-9(13)7-5-8/h4-7,10H,14H2,1-3H3. The number of halogens is 1. The number of rotatable bonds is 2. The molecular formula is C12H16BrNO2. The van der Waals surface area contributed by atoms with E-state index in [9.17, 15) is 4.79 Å². The van der Waals surface area contributed by atoms with Crippen molar-refractivity contribution in [3.63, 3.8) is 0 Å². The van der Waals surface area contributed by atoms with Crippen LogP contribution in [0.3, 0.4) is 0 Å². The second-order valence-electron chi connectivity index (χ2n) is 4.56. The van der Waals surface area contributed by atoms with Crippen LogP contribution in [0.25, 0.3) is 0 Å². The Balaban J connectivity index is 2.74. The van der Waals surface area contributed by atoms with Crippen LogP contribution < -0.4 is 5.73 Å². The van der Waals surface area contributed by atoms with Crippen LogP contribution in [0.1, 0.15) is 32.4 Å². The topological polar surface area (TPSA) is 52.3 Å². The third-order valence-electron chi connectivity index (χ3n) is 1.89. The largest absolute Gasteiger partial charge is 0.459 e. The number of esters is 1. The Morgan fingerprint density at radius 1 is 1.31 bits per heavy atom. The summed E-state index contributed by atoms with van der Waals surface area (Å²) in [7, 11) is 0. The highest BCUT2D eigenvalue weighted by Gasteiger charge is 2.23. The third-order valence-corrected chi connectivity index (χ3v) is 2.42. The van der Waals surface area contributed by atoms with Crippen molar-refractivity contribution in [2.24, 2.45) is 5.73 Å². The van der Waals surface area contributed by atoms with Crippen molar-refractivity contribution in [2.45, 2.75) is 32.4 Å². The number of hydrogen-bond donors (Lipinski definition) is 1. The molecule has 16 heavy (non-hydrogen) atoms. The second-order valence-corrected chi connectivity index (χ2v) is 5.48. The van der Waals surface area contributed by atoms with Crippen molar-refractivity contribution in [3.8, 4) is 0 Å². The highest BCUT2D eigenvalue weighted by Crippen LogP contribution is 2.18. The van der Waals surface area contributed by atoms with Crippen LogP contribution in [0.2, 0.25) is 0 Å². The molecule has 0 spiro atoms. The molecule has 1 rings (SSSR count). The smallest absolute Gasteiger partial charge is 0.328 e. The van der Waals surface area contributed by atoms with Crippen LogP contribution in [-0.2, 0) is 9.53 Å². The summed E-state index contributed by atoms with van der Waals surface area (Å²) in [5, 5.41) is 0. The van der Waals surface area contributed by atoms with E-state index in [2.05, 4.69) is 15.9 Å². The van der Waals surface area contributed by atoms with Crippen LogP contribution >= 0.6 is 15.9 Å². The molecule has 1 unspecified atom stereocenters. The predicted molar refractivity (Wildman–Crippen MR) is 66.9 cm³/mol. The number of benzene rings is 1. The van der Waals surface area contributed by atoms with E-state index in [1.54, 1.807) is 12.1 Å².